The molecule has 2 N–H and O–H groups in total. The normalized spacial score (nSPS) is 20.7. The van der Waals surface area contributed by atoms with Gasteiger partial charge in [0, 0.05) is 45.3 Å². The summed E-state index contributed by atoms with van der Waals surface area (Å²) >= 11 is 0. The largest absolute Gasteiger partial charge is 0.493 e. The fraction of sp³-hybridized carbons (Fsp3) is 0.486. The number of nitrogens with two attached hydrogens (primary N) is 1. The lowest BCUT2D eigenvalue weighted by Crippen LogP contribution is -2.61. The van der Waals surface area contributed by atoms with Crippen LogP contribution in [0.4, 0.5) is 13.2 Å². The minimum Gasteiger partial charge on any atom is -0.493 e. The molecule has 49 heavy (non-hydrogen) atoms. The highest BCUT2D eigenvalue weighted by Crippen LogP contribution is 2.32. The molecule has 1 saturated carbocycles. The summed E-state index contributed by atoms with van der Waals surface area (Å²) in [5, 5.41) is 0. The van der Waals surface area contributed by atoms with Crippen molar-refractivity contribution in [1.82, 2.24) is 14.1 Å². The molecule has 0 aromatic heterocycles. The number of likely N-dealkylation sites (tertiary alicyclic amines) is 1. The van der Waals surface area contributed by atoms with Crippen LogP contribution in [0.2, 0.25) is 0 Å². The Hall–Kier alpha value is -3.45. The third-order valence-electron chi connectivity index (χ3n) is 10.1. The third-order valence-corrected chi connectivity index (χ3v) is 12.0. The summed E-state index contributed by atoms with van der Waals surface area (Å²) in [6.45, 7) is 2.90. The van der Waals surface area contributed by atoms with Crippen molar-refractivity contribution in [2.75, 3.05) is 39.3 Å². The molecule has 6 rings (SSSR count). The Bertz CT molecular complexity index is 1650. The van der Waals surface area contributed by atoms with Crippen molar-refractivity contribution >= 4 is 15.9 Å². The highest BCUT2D eigenvalue weighted by Gasteiger charge is 2.42. The zero-order valence-corrected chi connectivity index (χ0v) is 28.5. The maximum atomic E-state index is 14.1. The Kier molecular flexibility index (Phi) is 11.0. The van der Waals surface area contributed by atoms with Crippen molar-refractivity contribution in [2.45, 2.75) is 74.6 Å². The molecule has 3 aliphatic rings. The molecule has 8 nitrogen and oxygen atoms in total. The predicted molar refractivity (Wildman–Crippen MR) is 182 cm³/mol. The first kappa shape index (κ1) is 35.4. The molecule has 2 heterocycles. The quantitative estimate of drug-likeness (QED) is 0.288. The van der Waals surface area contributed by atoms with Crippen LogP contribution in [-0.2, 0) is 27.5 Å². The van der Waals surface area contributed by atoms with E-state index in [0.717, 1.165) is 36.1 Å². The van der Waals surface area contributed by atoms with Gasteiger partial charge in [0.05, 0.1) is 17.1 Å². The average molecular weight is 699 g/mol. The van der Waals surface area contributed by atoms with Crippen LogP contribution in [0.1, 0.15) is 56.1 Å². The van der Waals surface area contributed by atoms with Gasteiger partial charge in [0.15, 0.2) is 0 Å². The topological polar surface area (TPSA) is 96.2 Å². The first-order valence-electron chi connectivity index (χ1n) is 17.3. The number of carbonyl (C=O) groups is 1. The van der Waals surface area contributed by atoms with Gasteiger partial charge in [0.25, 0.3) is 0 Å². The summed E-state index contributed by atoms with van der Waals surface area (Å²) in [6.07, 6.45) is 2.98. The zero-order chi connectivity index (χ0) is 34.6. The van der Waals surface area contributed by atoms with Gasteiger partial charge in [-0.2, -0.15) is 17.5 Å². The lowest BCUT2D eigenvalue weighted by atomic mass is 9.90. The number of rotatable bonds is 9. The Balaban J connectivity index is 1.15. The molecular formula is C37H45F3N4O4S. The highest BCUT2D eigenvalue weighted by molar-refractivity contribution is 7.89. The summed E-state index contributed by atoms with van der Waals surface area (Å²) in [7, 11) is -3.99. The van der Waals surface area contributed by atoms with Crippen LogP contribution in [-0.4, -0.2) is 79.8 Å². The van der Waals surface area contributed by atoms with Gasteiger partial charge in [-0.3, -0.25) is 9.69 Å². The summed E-state index contributed by atoms with van der Waals surface area (Å²) in [5.41, 5.74) is 7.81. The predicted octanol–water partition coefficient (Wildman–Crippen LogP) is 6.16. The molecule has 264 valence electrons. The van der Waals surface area contributed by atoms with Gasteiger partial charge in [0.2, 0.25) is 15.9 Å². The second-order valence-electron chi connectivity index (χ2n) is 13.6. The molecule has 3 aromatic carbocycles. The summed E-state index contributed by atoms with van der Waals surface area (Å²) in [4.78, 5) is 17.9. The van der Waals surface area contributed by atoms with Crippen molar-refractivity contribution in [1.29, 1.82) is 0 Å². The highest BCUT2D eigenvalue weighted by atomic mass is 32.2. The first-order chi connectivity index (χ1) is 23.5. The number of piperidine rings is 1. The van der Waals surface area contributed by atoms with E-state index in [1.165, 1.54) is 35.7 Å². The number of piperazine rings is 1. The monoisotopic (exact) mass is 698 g/mol. The number of ether oxygens (including phenoxy) is 1. The molecule has 3 aromatic rings. The number of nitrogens with zero attached hydrogens (tertiary/aromatic N) is 3. The molecule has 1 atom stereocenters. The molecule has 0 radical (unpaired) electrons. The fourth-order valence-corrected chi connectivity index (χ4v) is 8.67. The van der Waals surface area contributed by atoms with Crippen LogP contribution in [0.15, 0.2) is 77.7 Å². The minimum atomic E-state index is -4.39. The number of sulfonamides is 1. The second-order valence-corrected chi connectivity index (χ2v) is 15.5. The van der Waals surface area contributed by atoms with Crippen molar-refractivity contribution in [3.8, 4) is 16.9 Å². The molecule has 0 bridgehead atoms. The third kappa shape index (κ3) is 8.65. The lowest BCUT2D eigenvalue weighted by Gasteiger charge is -2.42. The summed E-state index contributed by atoms with van der Waals surface area (Å²) < 4.78 is 74.5. The van der Waals surface area contributed by atoms with E-state index in [2.05, 4.69) is 4.90 Å². The van der Waals surface area contributed by atoms with Crippen LogP contribution in [0.25, 0.3) is 11.1 Å². The Morgan fingerprint density at radius 1 is 0.796 bits per heavy atom. The number of alkyl halides is 3. The van der Waals surface area contributed by atoms with Crippen LogP contribution < -0.4 is 10.5 Å². The van der Waals surface area contributed by atoms with Gasteiger partial charge in [-0.15, -0.1) is 0 Å². The van der Waals surface area contributed by atoms with Gasteiger partial charge in [0.1, 0.15) is 11.8 Å². The number of carbonyl (C=O) groups excluding carboxylic acids is 1. The molecule has 2 saturated heterocycles. The minimum absolute atomic E-state index is 0.0242. The van der Waals surface area contributed by atoms with Gasteiger partial charge >= 0.3 is 6.18 Å². The van der Waals surface area contributed by atoms with E-state index < -0.39 is 27.8 Å². The van der Waals surface area contributed by atoms with E-state index in [-0.39, 0.29) is 29.9 Å². The maximum absolute atomic E-state index is 14.1. The molecule has 3 fully saturated rings. The standard InChI is InChI=1S/C37H45F3N4O4S/c38-37(39,40)31-12-10-30(11-13-31)29-8-6-27(7-9-29)24-42-22-23-44(35(25-42)36(45)43-20-18-32(41)19-21-43)49(46,47)34-16-14-33(15-17-34)48-26-28-4-2-1-3-5-28/h6-17,28,32,35H,1-5,18-26,41H2/t35-/m0/s1. The van der Waals surface area contributed by atoms with Crippen LogP contribution in [0.5, 0.6) is 5.75 Å². The molecular weight excluding hydrogens is 653 g/mol. The van der Waals surface area contributed by atoms with Crippen molar-refractivity contribution in [2.24, 2.45) is 11.7 Å². The smallest absolute Gasteiger partial charge is 0.416 e. The molecule has 1 amide bonds. The van der Waals surface area contributed by atoms with E-state index in [0.29, 0.717) is 62.9 Å². The second kappa shape index (κ2) is 15.2. The molecule has 0 spiro atoms. The van der Waals surface area contributed by atoms with Crippen LogP contribution >= 0.6 is 0 Å². The Morgan fingerprint density at radius 2 is 1.41 bits per heavy atom. The van der Waals surface area contributed by atoms with E-state index >= 15 is 0 Å². The number of benzene rings is 3. The van der Waals surface area contributed by atoms with E-state index in [1.54, 1.807) is 29.2 Å². The van der Waals surface area contributed by atoms with Gasteiger partial charge in [-0.05, 0) is 84.7 Å². The Labute approximate surface area is 287 Å². The number of halogens is 3. The number of amides is 1. The first-order valence-corrected chi connectivity index (χ1v) is 18.7. The van der Waals surface area contributed by atoms with Gasteiger partial charge < -0.3 is 15.4 Å². The van der Waals surface area contributed by atoms with Crippen molar-refractivity contribution in [3.05, 3.63) is 83.9 Å². The Morgan fingerprint density at radius 3 is 2.02 bits per heavy atom. The van der Waals surface area contributed by atoms with Gasteiger partial charge in [-0.25, -0.2) is 8.42 Å². The lowest BCUT2D eigenvalue weighted by molar-refractivity contribution is -0.138. The molecule has 2 aliphatic heterocycles. The fourth-order valence-electron chi connectivity index (χ4n) is 7.11. The molecule has 0 unspecified atom stereocenters. The summed E-state index contributed by atoms with van der Waals surface area (Å²) in [5.74, 6) is 0.947. The maximum Gasteiger partial charge on any atom is 0.416 e. The van der Waals surface area contributed by atoms with Crippen molar-refractivity contribution < 1.29 is 31.1 Å². The van der Waals surface area contributed by atoms with Crippen LogP contribution in [0.3, 0.4) is 0 Å². The number of hydrogen-bond donors (Lipinski definition) is 1. The van der Waals surface area contributed by atoms with E-state index in [1.807, 2.05) is 24.3 Å². The summed E-state index contributed by atoms with van der Waals surface area (Å²) in [6, 6.07) is 18.3. The SMILES string of the molecule is NC1CCN(C(=O)[C@@H]2CN(Cc3ccc(-c4ccc(C(F)(F)F)cc4)cc3)CCN2S(=O)(=O)c2ccc(OCC3CCCCC3)cc2)CC1. The van der Waals surface area contributed by atoms with E-state index in [9.17, 15) is 26.4 Å². The molecule has 12 heteroatoms. The number of hydrogen-bond acceptors (Lipinski definition) is 6. The van der Waals surface area contributed by atoms with Gasteiger partial charge in [-0.1, -0.05) is 55.7 Å². The molecule has 1 aliphatic carbocycles. The van der Waals surface area contributed by atoms with Crippen molar-refractivity contribution in [3.63, 3.8) is 0 Å². The zero-order valence-electron chi connectivity index (χ0n) is 27.7. The average Bonchev–Trinajstić information content (AvgIpc) is 3.11. The van der Waals surface area contributed by atoms with E-state index in [4.69, 9.17) is 10.5 Å². The van der Waals surface area contributed by atoms with Crippen LogP contribution in [0, 0.1) is 5.92 Å².